The Balaban J connectivity index is 1.93. The van der Waals surface area contributed by atoms with E-state index in [4.69, 9.17) is 9.47 Å². The molecule has 0 aromatic rings. The van der Waals surface area contributed by atoms with E-state index >= 15 is 0 Å². The zero-order valence-corrected chi connectivity index (χ0v) is 6.80. The third-order valence-corrected chi connectivity index (χ3v) is 1.94. The van der Waals surface area contributed by atoms with Gasteiger partial charge >= 0.3 is 0 Å². The normalized spacial score (nSPS) is 31.8. The Morgan fingerprint density at radius 3 is 2.80 bits per heavy atom. The predicted octanol–water partition coefficient (Wildman–Crippen LogP) is 1.94. The van der Waals surface area contributed by atoms with Gasteiger partial charge in [0.15, 0.2) is 6.29 Å². The van der Waals surface area contributed by atoms with Gasteiger partial charge in [-0.25, -0.2) is 0 Å². The highest BCUT2D eigenvalue weighted by Crippen LogP contribution is 2.24. The zero-order chi connectivity index (χ0) is 7.40. The molecule has 0 amide bonds. The third-order valence-electron chi connectivity index (χ3n) is 1.94. The van der Waals surface area contributed by atoms with Crippen LogP contribution in [0.3, 0.4) is 0 Å². The van der Waals surface area contributed by atoms with Gasteiger partial charge in [0.2, 0.25) is 0 Å². The van der Waals surface area contributed by atoms with Crippen LogP contribution in [-0.2, 0) is 9.47 Å². The van der Waals surface area contributed by atoms with Gasteiger partial charge in [-0.05, 0) is 6.42 Å². The number of rotatable bonds is 4. The molecule has 1 aliphatic rings. The molecule has 0 saturated carbocycles. The van der Waals surface area contributed by atoms with Crippen molar-refractivity contribution in [2.24, 2.45) is 0 Å². The fraction of sp³-hybridized carbons (Fsp3) is 1.00. The SMILES string of the molecule is CCCCC1CC(OC)O1. The van der Waals surface area contributed by atoms with E-state index in [-0.39, 0.29) is 6.29 Å². The molecule has 1 fully saturated rings. The minimum Gasteiger partial charge on any atom is -0.356 e. The lowest BCUT2D eigenvalue weighted by atomic mass is 10.1. The van der Waals surface area contributed by atoms with E-state index in [2.05, 4.69) is 6.92 Å². The summed E-state index contributed by atoms with van der Waals surface area (Å²) >= 11 is 0. The summed E-state index contributed by atoms with van der Waals surface area (Å²) in [4.78, 5) is 0. The van der Waals surface area contributed by atoms with Gasteiger partial charge in [0.25, 0.3) is 0 Å². The van der Waals surface area contributed by atoms with E-state index in [1.807, 2.05) is 0 Å². The Morgan fingerprint density at radius 2 is 2.30 bits per heavy atom. The molecule has 2 nitrogen and oxygen atoms in total. The first-order valence-corrected chi connectivity index (χ1v) is 4.05. The molecule has 0 radical (unpaired) electrons. The maximum absolute atomic E-state index is 5.37. The van der Waals surface area contributed by atoms with Crippen LogP contribution in [0, 0.1) is 0 Å². The molecule has 0 aromatic heterocycles. The maximum Gasteiger partial charge on any atom is 0.160 e. The van der Waals surface area contributed by atoms with Crippen molar-refractivity contribution in [2.45, 2.75) is 45.0 Å². The van der Waals surface area contributed by atoms with E-state index in [0.717, 1.165) is 6.42 Å². The topological polar surface area (TPSA) is 18.5 Å². The van der Waals surface area contributed by atoms with Gasteiger partial charge in [-0.1, -0.05) is 19.8 Å². The van der Waals surface area contributed by atoms with Crippen LogP contribution in [0.5, 0.6) is 0 Å². The average Bonchev–Trinajstić information content (AvgIpc) is 1.86. The summed E-state index contributed by atoms with van der Waals surface area (Å²) in [5.74, 6) is 0. The second kappa shape index (κ2) is 3.94. The van der Waals surface area contributed by atoms with Crippen molar-refractivity contribution in [3.63, 3.8) is 0 Å². The van der Waals surface area contributed by atoms with Crippen LogP contribution in [0.4, 0.5) is 0 Å². The Kier molecular flexibility index (Phi) is 3.16. The number of methoxy groups -OCH3 is 1. The molecule has 0 bridgehead atoms. The highest BCUT2D eigenvalue weighted by molar-refractivity contribution is 4.70. The molecule has 0 N–H and O–H groups in total. The van der Waals surface area contributed by atoms with E-state index in [9.17, 15) is 0 Å². The Bertz CT molecular complexity index is 84.5. The first kappa shape index (κ1) is 8.02. The van der Waals surface area contributed by atoms with Crippen LogP contribution in [-0.4, -0.2) is 19.5 Å². The van der Waals surface area contributed by atoms with Crippen molar-refractivity contribution >= 4 is 0 Å². The summed E-state index contributed by atoms with van der Waals surface area (Å²) in [6.07, 6.45) is 5.43. The number of unbranched alkanes of at least 4 members (excludes halogenated alkanes) is 1. The predicted molar refractivity (Wildman–Crippen MR) is 39.8 cm³/mol. The Morgan fingerprint density at radius 1 is 1.60 bits per heavy atom. The number of hydrogen-bond donors (Lipinski definition) is 0. The Hall–Kier alpha value is -0.0800. The van der Waals surface area contributed by atoms with Gasteiger partial charge in [0.1, 0.15) is 0 Å². The number of ether oxygens (including phenoxy) is 2. The van der Waals surface area contributed by atoms with Crippen LogP contribution in [0.1, 0.15) is 32.6 Å². The minimum atomic E-state index is 0.0989. The molecular formula is C8H16O2. The van der Waals surface area contributed by atoms with E-state index in [0.29, 0.717) is 6.10 Å². The van der Waals surface area contributed by atoms with E-state index in [1.165, 1.54) is 19.3 Å². The highest BCUT2D eigenvalue weighted by Gasteiger charge is 2.28. The van der Waals surface area contributed by atoms with Crippen LogP contribution in [0.15, 0.2) is 0 Å². The van der Waals surface area contributed by atoms with Crippen molar-refractivity contribution in [1.29, 1.82) is 0 Å². The monoisotopic (exact) mass is 144 g/mol. The van der Waals surface area contributed by atoms with Gasteiger partial charge in [-0.15, -0.1) is 0 Å². The van der Waals surface area contributed by atoms with Crippen molar-refractivity contribution < 1.29 is 9.47 Å². The van der Waals surface area contributed by atoms with Crippen molar-refractivity contribution in [3.05, 3.63) is 0 Å². The van der Waals surface area contributed by atoms with Crippen molar-refractivity contribution in [2.75, 3.05) is 7.11 Å². The summed E-state index contributed by atoms with van der Waals surface area (Å²) in [7, 11) is 1.70. The minimum absolute atomic E-state index is 0.0989. The standard InChI is InChI=1S/C8H16O2/c1-3-4-5-7-6-8(9-2)10-7/h7-8H,3-6H2,1-2H3. The van der Waals surface area contributed by atoms with E-state index in [1.54, 1.807) is 7.11 Å². The largest absolute Gasteiger partial charge is 0.356 e. The van der Waals surface area contributed by atoms with Crippen molar-refractivity contribution in [3.8, 4) is 0 Å². The fourth-order valence-corrected chi connectivity index (χ4v) is 1.19. The zero-order valence-electron chi connectivity index (χ0n) is 6.80. The molecule has 60 valence electrons. The molecule has 0 spiro atoms. The summed E-state index contributed by atoms with van der Waals surface area (Å²) in [5, 5.41) is 0. The van der Waals surface area contributed by atoms with Crippen LogP contribution in [0.25, 0.3) is 0 Å². The Labute approximate surface area is 62.5 Å². The van der Waals surface area contributed by atoms with Gasteiger partial charge in [0.05, 0.1) is 6.10 Å². The van der Waals surface area contributed by atoms with Gasteiger partial charge in [-0.2, -0.15) is 0 Å². The lowest BCUT2D eigenvalue weighted by Crippen LogP contribution is -2.38. The van der Waals surface area contributed by atoms with Gasteiger partial charge < -0.3 is 9.47 Å². The second-order valence-electron chi connectivity index (χ2n) is 2.80. The van der Waals surface area contributed by atoms with Crippen LogP contribution >= 0.6 is 0 Å². The fourth-order valence-electron chi connectivity index (χ4n) is 1.19. The lowest BCUT2D eigenvalue weighted by molar-refractivity contribution is -0.247. The summed E-state index contributed by atoms with van der Waals surface area (Å²) in [6, 6.07) is 0. The summed E-state index contributed by atoms with van der Waals surface area (Å²) in [5.41, 5.74) is 0. The molecule has 1 rings (SSSR count). The molecule has 10 heavy (non-hydrogen) atoms. The quantitative estimate of drug-likeness (QED) is 0.600. The van der Waals surface area contributed by atoms with Gasteiger partial charge in [-0.3, -0.25) is 0 Å². The summed E-state index contributed by atoms with van der Waals surface area (Å²) < 4.78 is 10.3. The molecular weight excluding hydrogens is 128 g/mol. The number of hydrogen-bond acceptors (Lipinski definition) is 2. The molecule has 1 heterocycles. The molecule has 2 atom stereocenters. The molecule has 1 saturated heterocycles. The smallest absolute Gasteiger partial charge is 0.160 e. The van der Waals surface area contributed by atoms with Gasteiger partial charge in [0, 0.05) is 13.5 Å². The summed E-state index contributed by atoms with van der Waals surface area (Å²) in [6.45, 7) is 2.20. The molecule has 0 aromatic carbocycles. The first-order valence-electron chi connectivity index (χ1n) is 4.05. The molecule has 1 aliphatic heterocycles. The van der Waals surface area contributed by atoms with Crippen molar-refractivity contribution in [1.82, 2.24) is 0 Å². The van der Waals surface area contributed by atoms with Crippen LogP contribution < -0.4 is 0 Å². The molecule has 2 heteroatoms. The maximum atomic E-state index is 5.37. The first-order chi connectivity index (χ1) is 4.86. The lowest BCUT2D eigenvalue weighted by Gasteiger charge is -2.34. The molecule has 0 aliphatic carbocycles. The average molecular weight is 144 g/mol. The molecule has 2 unspecified atom stereocenters. The van der Waals surface area contributed by atoms with E-state index < -0.39 is 0 Å². The highest BCUT2D eigenvalue weighted by atomic mass is 16.7. The second-order valence-corrected chi connectivity index (χ2v) is 2.80. The van der Waals surface area contributed by atoms with Crippen LogP contribution in [0.2, 0.25) is 0 Å². The third kappa shape index (κ3) is 1.96.